The summed E-state index contributed by atoms with van der Waals surface area (Å²) in [6.07, 6.45) is 4.06. The highest BCUT2D eigenvalue weighted by Crippen LogP contribution is 2.35. The van der Waals surface area contributed by atoms with Gasteiger partial charge in [-0.1, -0.05) is 60.7 Å². The van der Waals surface area contributed by atoms with Crippen LogP contribution in [0.25, 0.3) is 10.9 Å². The van der Waals surface area contributed by atoms with Crippen LogP contribution in [-0.4, -0.2) is 10.5 Å². The van der Waals surface area contributed by atoms with E-state index in [2.05, 4.69) is 40.3 Å². The van der Waals surface area contributed by atoms with E-state index in [0.29, 0.717) is 19.6 Å². The van der Waals surface area contributed by atoms with Crippen molar-refractivity contribution >= 4 is 16.8 Å². The van der Waals surface area contributed by atoms with Crippen LogP contribution in [0.15, 0.2) is 108 Å². The number of benzene rings is 3. The molecule has 0 radical (unpaired) electrons. The van der Waals surface area contributed by atoms with Crippen LogP contribution in [0, 0.1) is 0 Å². The number of hydrogen-bond donors (Lipinski definition) is 1. The Hall–Kier alpha value is -4.25. The zero-order valence-corrected chi connectivity index (χ0v) is 19.7. The molecular weight excluding hydrogens is 436 g/mol. The SMILES string of the molecule is Cn1cc([C@@H](CC(=O)NCc2ccco2)c2cccc(OCc3ccccc3)c2)c2ccccc21. The van der Waals surface area contributed by atoms with Crippen molar-refractivity contribution < 1.29 is 13.9 Å². The van der Waals surface area contributed by atoms with E-state index in [4.69, 9.17) is 9.15 Å². The number of fused-ring (bicyclic) bond motifs is 1. The van der Waals surface area contributed by atoms with Crippen molar-refractivity contribution in [1.82, 2.24) is 9.88 Å². The molecule has 0 aliphatic rings. The second kappa shape index (κ2) is 10.3. The van der Waals surface area contributed by atoms with Gasteiger partial charge in [0.25, 0.3) is 0 Å². The first kappa shape index (κ1) is 22.5. The Kier molecular flexibility index (Phi) is 6.66. The maximum Gasteiger partial charge on any atom is 0.221 e. The van der Waals surface area contributed by atoms with Crippen molar-refractivity contribution in [1.29, 1.82) is 0 Å². The van der Waals surface area contributed by atoms with Gasteiger partial charge < -0.3 is 19.0 Å². The van der Waals surface area contributed by atoms with Crippen LogP contribution in [0.1, 0.15) is 34.8 Å². The molecule has 5 heteroatoms. The Morgan fingerprint density at radius 1 is 0.971 bits per heavy atom. The molecule has 0 spiro atoms. The molecule has 0 fully saturated rings. The van der Waals surface area contributed by atoms with Gasteiger partial charge in [-0.3, -0.25) is 4.79 Å². The van der Waals surface area contributed by atoms with Gasteiger partial charge in [-0.05, 0) is 47.0 Å². The van der Waals surface area contributed by atoms with E-state index in [-0.39, 0.29) is 11.8 Å². The lowest BCUT2D eigenvalue weighted by atomic mass is 9.88. The first-order valence-corrected chi connectivity index (χ1v) is 11.8. The quantitative estimate of drug-likeness (QED) is 0.283. The van der Waals surface area contributed by atoms with Gasteiger partial charge in [0.15, 0.2) is 0 Å². The van der Waals surface area contributed by atoms with Gasteiger partial charge in [-0.15, -0.1) is 0 Å². The number of rotatable bonds is 9. The first-order valence-electron chi connectivity index (χ1n) is 11.8. The topological polar surface area (TPSA) is 56.4 Å². The highest BCUT2D eigenvalue weighted by Gasteiger charge is 2.23. The predicted octanol–water partition coefficient (Wildman–Crippen LogP) is 6.19. The molecule has 0 unspecified atom stereocenters. The maximum absolute atomic E-state index is 13.0. The summed E-state index contributed by atoms with van der Waals surface area (Å²) in [5, 5.41) is 4.15. The average molecular weight is 465 g/mol. The number of carbonyl (C=O) groups is 1. The summed E-state index contributed by atoms with van der Waals surface area (Å²) in [5.74, 6) is 1.36. The molecule has 3 aromatic carbocycles. The maximum atomic E-state index is 13.0. The fourth-order valence-electron chi connectivity index (χ4n) is 4.48. The number of aryl methyl sites for hydroxylation is 1. The smallest absolute Gasteiger partial charge is 0.221 e. The molecule has 5 rings (SSSR count). The summed E-state index contributed by atoms with van der Waals surface area (Å²) in [7, 11) is 2.04. The van der Waals surface area contributed by atoms with Crippen LogP contribution in [0.4, 0.5) is 0 Å². The third-order valence-electron chi connectivity index (χ3n) is 6.24. The highest BCUT2D eigenvalue weighted by molar-refractivity contribution is 5.86. The van der Waals surface area contributed by atoms with Crippen LogP contribution < -0.4 is 10.1 Å². The molecule has 0 aliphatic carbocycles. The summed E-state index contributed by atoms with van der Waals surface area (Å²) in [5.41, 5.74) is 4.41. The molecule has 1 atom stereocenters. The number of ether oxygens (including phenoxy) is 1. The number of furan rings is 1. The van der Waals surface area contributed by atoms with E-state index < -0.39 is 0 Å². The summed E-state index contributed by atoms with van der Waals surface area (Å²) in [6, 6.07) is 30.2. The van der Waals surface area contributed by atoms with E-state index in [1.165, 1.54) is 0 Å². The van der Waals surface area contributed by atoms with Gasteiger partial charge >= 0.3 is 0 Å². The lowest BCUT2D eigenvalue weighted by Gasteiger charge is -2.18. The number of carbonyl (C=O) groups excluding carboxylic acids is 1. The molecule has 5 nitrogen and oxygen atoms in total. The summed E-state index contributed by atoms with van der Waals surface area (Å²) in [6.45, 7) is 0.862. The Labute approximate surface area is 205 Å². The Balaban J connectivity index is 1.43. The Bertz CT molecular complexity index is 1400. The molecule has 0 saturated heterocycles. The number of amides is 1. The van der Waals surface area contributed by atoms with E-state index in [9.17, 15) is 4.79 Å². The number of aromatic nitrogens is 1. The average Bonchev–Trinajstić information content (AvgIpc) is 3.54. The number of nitrogens with zero attached hydrogens (tertiary/aromatic N) is 1. The fourth-order valence-corrected chi connectivity index (χ4v) is 4.48. The van der Waals surface area contributed by atoms with Crippen molar-refractivity contribution in [2.24, 2.45) is 7.05 Å². The molecule has 2 aromatic heterocycles. The molecule has 0 bridgehead atoms. The normalized spacial score (nSPS) is 11.9. The van der Waals surface area contributed by atoms with Gasteiger partial charge in [0.2, 0.25) is 5.91 Å². The van der Waals surface area contributed by atoms with Gasteiger partial charge in [-0.2, -0.15) is 0 Å². The van der Waals surface area contributed by atoms with Crippen molar-refractivity contribution in [3.63, 3.8) is 0 Å². The van der Waals surface area contributed by atoms with E-state index in [1.54, 1.807) is 6.26 Å². The zero-order valence-electron chi connectivity index (χ0n) is 19.7. The van der Waals surface area contributed by atoms with Gasteiger partial charge in [0, 0.05) is 36.5 Å². The molecule has 176 valence electrons. The third-order valence-corrected chi connectivity index (χ3v) is 6.24. The summed E-state index contributed by atoms with van der Waals surface area (Å²) < 4.78 is 13.6. The van der Waals surface area contributed by atoms with E-state index in [0.717, 1.165) is 39.1 Å². The van der Waals surface area contributed by atoms with Crippen LogP contribution in [0.3, 0.4) is 0 Å². The van der Waals surface area contributed by atoms with Crippen molar-refractivity contribution in [2.75, 3.05) is 0 Å². The van der Waals surface area contributed by atoms with Crippen LogP contribution in [-0.2, 0) is 25.0 Å². The Morgan fingerprint density at radius 3 is 2.63 bits per heavy atom. The second-order valence-corrected chi connectivity index (χ2v) is 8.67. The Morgan fingerprint density at radius 2 is 1.80 bits per heavy atom. The summed E-state index contributed by atoms with van der Waals surface area (Å²) >= 11 is 0. The van der Waals surface area contributed by atoms with Crippen LogP contribution >= 0.6 is 0 Å². The molecule has 2 heterocycles. The minimum atomic E-state index is -0.127. The minimum Gasteiger partial charge on any atom is -0.489 e. The predicted molar refractivity (Wildman–Crippen MR) is 137 cm³/mol. The zero-order chi connectivity index (χ0) is 24.0. The largest absolute Gasteiger partial charge is 0.489 e. The molecule has 0 saturated carbocycles. The van der Waals surface area contributed by atoms with Gasteiger partial charge in [0.1, 0.15) is 18.1 Å². The number of hydrogen-bond acceptors (Lipinski definition) is 3. The molecule has 35 heavy (non-hydrogen) atoms. The van der Waals surface area contributed by atoms with E-state index in [1.807, 2.05) is 73.8 Å². The van der Waals surface area contributed by atoms with Gasteiger partial charge in [-0.25, -0.2) is 0 Å². The fraction of sp³-hybridized carbons (Fsp3) is 0.167. The monoisotopic (exact) mass is 464 g/mol. The molecule has 1 amide bonds. The third kappa shape index (κ3) is 5.30. The van der Waals surface area contributed by atoms with Crippen LogP contribution in [0.5, 0.6) is 5.75 Å². The molecule has 5 aromatic rings. The van der Waals surface area contributed by atoms with Crippen LogP contribution in [0.2, 0.25) is 0 Å². The highest BCUT2D eigenvalue weighted by atomic mass is 16.5. The standard InChI is InChI=1S/C30H28N2O3/c1-32-20-28(26-14-5-6-15-29(26)32)27(18-30(33)31-19-25-13-8-16-34-25)23-11-7-12-24(17-23)35-21-22-9-3-2-4-10-22/h2-17,20,27H,18-19,21H2,1H3,(H,31,33)/t27-/m0/s1. The lowest BCUT2D eigenvalue weighted by molar-refractivity contribution is -0.121. The first-order chi connectivity index (χ1) is 17.2. The molecule has 0 aliphatic heterocycles. The number of para-hydroxylation sites is 1. The molecular formula is C30H28N2O3. The van der Waals surface area contributed by atoms with Crippen molar-refractivity contribution in [3.05, 3.63) is 126 Å². The van der Waals surface area contributed by atoms with Crippen molar-refractivity contribution in [3.8, 4) is 5.75 Å². The molecule has 1 N–H and O–H groups in total. The van der Waals surface area contributed by atoms with Gasteiger partial charge in [0.05, 0.1) is 12.8 Å². The van der Waals surface area contributed by atoms with E-state index >= 15 is 0 Å². The number of nitrogens with one attached hydrogen (secondary N) is 1. The minimum absolute atomic E-state index is 0.0325. The van der Waals surface area contributed by atoms with Crippen molar-refractivity contribution in [2.45, 2.75) is 25.5 Å². The lowest BCUT2D eigenvalue weighted by Crippen LogP contribution is -2.24. The summed E-state index contributed by atoms with van der Waals surface area (Å²) in [4.78, 5) is 13.0. The second-order valence-electron chi connectivity index (χ2n) is 8.67.